The Hall–Kier alpha value is -6.95. The third-order valence-corrected chi connectivity index (χ3v) is 11.9. The second-order valence-electron chi connectivity index (χ2n) is 14.0. The Kier molecular flexibility index (Phi) is 6.18. The lowest BCUT2D eigenvalue weighted by Gasteiger charge is -2.26. The molecule has 0 saturated carbocycles. The van der Waals surface area contributed by atoms with Crippen molar-refractivity contribution in [3.63, 3.8) is 0 Å². The minimum atomic E-state index is 0.583. The van der Waals surface area contributed by atoms with Crippen LogP contribution in [-0.2, 0) is 0 Å². The fraction of sp³-hybridized carbons (Fsp3) is 0. The summed E-state index contributed by atoms with van der Waals surface area (Å²) in [5, 5.41) is 11.7. The molecule has 252 valence electrons. The smallest absolute Gasteiger partial charge is 0.228 e. The first-order valence-corrected chi connectivity index (χ1v) is 18.9. The molecule has 9 aromatic carbocycles. The molecule has 0 amide bonds. The van der Waals surface area contributed by atoms with Gasteiger partial charge in [-0.3, -0.25) is 0 Å². The molecule has 0 unspecified atom stereocenters. The van der Waals surface area contributed by atoms with Crippen LogP contribution < -0.4 is 4.90 Å². The van der Waals surface area contributed by atoms with Crippen LogP contribution in [0.25, 0.3) is 97.0 Å². The minimum absolute atomic E-state index is 0.583. The zero-order valence-corrected chi connectivity index (χ0v) is 29.6. The van der Waals surface area contributed by atoms with E-state index in [1.165, 1.54) is 41.7 Å². The molecular weight excluding hydrogens is 681 g/mol. The monoisotopic (exact) mass is 708 g/mol. The van der Waals surface area contributed by atoms with Crippen molar-refractivity contribution < 1.29 is 8.83 Å². The fourth-order valence-corrected chi connectivity index (χ4v) is 9.33. The normalized spacial score (nSPS) is 12.1. The van der Waals surface area contributed by atoms with Crippen LogP contribution in [-0.4, -0.2) is 4.98 Å². The summed E-state index contributed by atoms with van der Waals surface area (Å²) in [5.74, 6) is 0.583. The summed E-state index contributed by atoms with van der Waals surface area (Å²) < 4.78 is 15.6. The van der Waals surface area contributed by atoms with E-state index in [0.29, 0.717) is 5.89 Å². The number of anilines is 3. The SMILES string of the molecule is c1ccc2cc(N(c3ccc4c(c3)oc3cccc(-c5nc6cc7ccccc7cc6o5)c34)c3ccc4sc5cc6ccccc6cc5c4c3)ccc2c1. The van der Waals surface area contributed by atoms with E-state index in [1.807, 2.05) is 35.6 Å². The Morgan fingerprint density at radius 2 is 1.06 bits per heavy atom. The van der Waals surface area contributed by atoms with Gasteiger partial charge in [-0.1, -0.05) is 84.9 Å². The molecule has 0 fully saturated rings. The van der Waals surface area contributed by atoms with Gasteiger partial charge in [0.1, 0.15) is 16.7 Å². The van der Waals surface area contributed by atoms with Crippen LogP contribution in [0.3, 0.4) is 0 Å². The van der Waals surface area contributed by atoms with Crippen molar-refractivity contribution in [2.45, 2.75) is 0 Å². The van der Waals surface area contributed by atoms with E-state index in [2.05, 4.69) is 150 Å². The number of rotatable bonds is 4. The number of aromatic nitrogens is 1. The molecule has 0 N–H and O–H groups in total. The Morgan fingerprint density at radius 3 is 1.89 bits per heavy atom. The lowest BCUT2D eigenvalue weighted by Crippen LogP contribution is -2.09. The molecule has 0 aliphatic heterocycles. The van der Waals surface area contributed by atoms with Gasteiger partial charge in [0.05, 0.1) is 0 Å². The van der Waals surface area contributed by atoms with Gasteiger partial charge < -0.3 is 13.7 Å². The summed E-state index contributed by atoms with van der Waals surface area (Å²) in [7, 11) is 0. The van der Waals surface area contributed by atoms with Crippen molar-refractivity contribution in [1.82, 2.24) is 4.98 Å². The van der Waals surface area contributed by atoms with Gasteiger partial charge in [-0.15, -0.1) is 11.3 Å². The van der Waals surface area contributed by atoms with Crippen LogP contribution >= 0.6 is 11.3 Å². The quantitative estimate of drug-likeness (QED) is 0.183. The average Bonchev–Trinajstić information content (AvgIpc) is 3.91. The van der Waals surface area contributed by atoms with Gasteiger partial charge in [-0.2, -0.15) is 0 Å². The highest BCUT2D eigenvalue weighted by molar-refractivity contribution is 7.25. The highest BCUT2D eigenvalue weighted by Gasteiger charge is 2.21. The van der Waals surface area contributed by atoms with Crippen LogP contribution in [0, 0.1) is 0 Å². The van der Waals surface area contributed by atoms with E-state index >= 15 is 0 Å². The first-order chi connectivity index (χ1) is 26.7. The van der Waals surface area contributed by atoms with Crippen LogP contribution in [0.15, 0.2) is 179 Å². The molecule has 0 spiro atoms. The lowest BCUT2D eigenvalue weighted by molar-refractivity contribution is 0.620. The average molecular weight is 709 g/mol. The molecule has 54 heavy (non-hydrogen) atoms. The highest BCUT2D eigenvalue weighted by Crippen LogP contribution is 2.44. The van der Waals surface area contributed by atoms with Crippen molar-refractivity contribution in [1.29, 1.82) is 0 Å². The van der Waals surface area contributed by atoms with Crippen molar-refractivity contribution in [3.05, 3.63) is 170 Å². The molecule has 0 aliphatic rings. The predicted molar refractivity (Wildman–Crippen MR) is 227 cm³/mol. The number of thiophene rings is 1. The predicted octanol–water partition coefficient (Wildman–Crippen LogP) is 14.7. The molecule has 12 aromatic rings. The summed E-state index contributed by atoms with van der Waals surface area (Å²) in [6.07, 6.45) is 0. The number of hydrogen-bond acceptors (Lipinski definition) is 5. The summed E-state index contributed by atoms with van der Waals surface area (Å²) in [6, 6.07) is 60.4. The molecule has 0 aliphatic carbocycles. The lowest BCUT2D eigenvalue weighted by atomic mass is 10.0. The molecule has 0 bridgehead atoms. The third-order valence-electron chi connectivity index (χ3n) is 10.8. The number of furan rings is 1. The first-order valence-electron chi connectivity index (χ1n) is 18.1. The van der Waals surface area contributed by atoms with Gasteiger partial charge in [0.2, 0.25) is 5.89 Å². The number of hydrogen-bond donors (Lipinski definition) is 0. The van der Waals surface area contributed by atoms with Crippen molar-refractivity contribution in [3.8, 4) is 11.5 Å². The van der Waals surface area contributed by atoms with Crippen molar-refractivity contribution in [2.75, 3.05) is 4.90 Å². The van der Waals surface area contributed by atoms with Gasteiger partial charge in [-0.25, -0.2) is 4.98 Å². The molecule has 12 rings (SSSR count). The van der Waals surface area contributed by atoms with Gasteiger partial charge in [-0.05, 0) is 111 Å². The summed E-state index contributed by atoms with van der Waals surface area (Å²) >= 11 is 1.85. The van der Waals surface area contributed by atoms with Crippen LogP contribution in [0.4, 0.5) is 17.1 Å². The van der Waals surface area contributed by atoms with Gasteiger partial charge >= 0.3 is 0 Å². The third kappa shape index (κ3) is 4.52. The molecular formula is C49H28N2O2S. The Bertz CT molecular complexity index is 3430. The Morgan fingerprint density at radius 1 is 0.407 bits per heavy atom. The topological polar surface area (TPSA) is 42.4 Å². The molecule has 5 heteroatoms. The zero-order chi connectivity index (χ0) is 35.3. The second-order valence-corrected chi connectivity index (χ2v) is 15.1. The number of fused-ring (bicyclic) bond motifs is 10. The van der Waals surface area contributed by atoms with E-state index in [-0.39, 0.29) is 0 Å². The van der Waals surface area contributed by atoms with E-state index in [1.54, 1.807) is 0 Å². The van der Waals surface area contributed by atoms with E-state index in [9.17, 15) is 0 Å². The highest BCUT2D eigenvalue weighted by atomic mass is 32.1. The first kappa shape index (κ1) is 29.6. The maximum Gasteiger partial charge on any atom is 0.228 e. The summed E-state index contributed by atoms with van der Waals surface area (Å²) in [4.78, 5) is 7.31. The Labute approximate surface area is 312 Å². The molecule has 0 saturated heterocycles. The van der Waals surface area contributed by atoms with Gasteiger partial charge in [0, 0.05) is 59.6 Å². The van der Waals surface area contributed by atoms with E-state index < -0.39 is 0 Å². The van der Waals surface area contributed by atoms with Crippen LogP contribution in [0.1, 0.15) is 0 Å². The molecule has 0 radical (unpaired) electrons. The van der Waals surface area contributed by atoms with Gasteiger partial charge in [0.15, 0.2) is 5.58 Å². The number of benzene rings is 9. The number of nitrogens with zero attached hydrogens (tertiary/aromatic N) is 2. The van der Waals surface area contributed by atoms with Crippen molar-refractivity contribution >= 4 is 114 Å². The Balaban J connectivity index is 1.04. The summed E-state index contributed by atoms with van der Waals surface area (Å²) in [5.41, 5.74) is 7.28. The number of oxazole rings is 1. The largest absolute Gasteiger partial charge is 0.456 e. The fourth-order valence-electron chi connectivity index (χ4n) is 8.21. The van der Waals surface area contributed by atoms with Crippen molar-refractivity contribution in [2.24, 2.45) is 0 Å². The van der Waals surface area contributed by atoms with Gasteiger partial charge in [0.25, 0.3) is 0 Å². The molecule has 3 heterocycles. The van der Waals surface area contributed by atoms with Crippen LogP contribution in [0.5, 0.6) is 0 Å². The van der Waals surface area contributed by atoms with E-state index in [0.717, 1.165) is 66.4 Å². The molecule has 0 atom stereocenters. The summed E-state index contributed by atoms with van der Waals surface area (Å²) in [6.45, 7) is 0. The molecule has 3 aromatic heterocycles. The standard InChI is InChI=1S/C49H28N2O2S/c1-2-9-30-22-35(17-16-29(30)8-1)51(36-19-21-46-41(27-36)40-23-31-10-3-6-13-34(31)26-47(40)54-46)37-18-20-38-44(28-37)52-43-15-7-14-39(48(38)43)49-50-42-24-32-11-4-5-12-33(32)25-45(42)53-49/h1-28H. The van der Waals surface area contributed by atoms with Crippen LogP contribution in [0.2, 0.25) is 0 Å². The second kappa shape index (κ2) is 11.3. The minimum Gasteiger partial charge on any atom is -0.456 e. The zero-order valence-electron chi connectivity index (χ0n) is 28.8. The maximum absolute atomic E-state index is 6.65. The maximum atomic E-state index is 6.65. The van der Waals surface area contributed by atoms with E-state index in [4.69, 9.17) is 13.8 Å². The molecule has 4 nitrogen and oxygen atoms in total.